The molecule has 0 aliphatic carbocycles. The quantitative estimate of drug-likeness (QED) is 0.663. The Hall–Kier alpha value is -1.79. The number of aliphatic carboxylic acids is 1. The number of rotatable bonds is 5. The Balaban J connectivity index is 2.27. The lowest BCUT2D eigenvalue weighted by molar-refractivity contribution is -0.137. The fourth-order valence-electron chi connectivity index (χ4n) is 1.99. The highest BCUT2D eigenvalue weighted by Gasteiger charge is 2.24. The number of piperidine rings is 1. The molecule has 2 unspecified atom stereocenters. The van der Waals surface area contributed by atoms with E-state index in [2.05, 4.69) is 10.6 Å². The van der Waals surface area contributed by atoms with Crippen LogP contribution in [-0.2, 0) is 9.59 Å². The summed E-state index contributed by atoms with van der Waals surface area (Å²) in [5.41, 5.74) is 0. The Labute approximate surface area is 112 Å². The number of carboxylic acids is 1. The van der Waals surface area contributed by atoms with E-state index in [9.17, 15) is 14.4 Å². The molecule has 0 aromatic rings. The van der Waals surface area contributed by atoms with Crippen molar-refractivity contribution in [3.8, 4) is 0 Å². The average molecular weight is 271 g/mol. The number of hydrogen-bond donors (Lipinski definition) is 3. The van der Waals surface area contributed by atoms with Gasteiger partial charge in [0.25, 0.3) is 0 Å². The highest BCUT2D eigenvalue weighted by atomic mass is 16.4. The van der Waals surface area contributed by atoms with Crippen LogP contribution < -0.4 is 10.6 Å². The first-order valence-corrected chi connectivity index (χ1v) is 6.41. The van der Waals surface area contributed by atoms with Gasteiger partial charge in [-0.25, -0.2) is 4.79 Å². The Morgan fingerprint density at radius 3 is 2.79 bits per heavy atom. The lowest BCUT2D eigenvalue weighted by Gasteiger charge is -2.30. The fraction of sp³-hybridized carbons (Fsp3) is 0.750. The molecule has 1 aliphatic heterocycles. The summed E-state index contributed by atoms with van der Waals surface area (Å²) in [5.74, 6) is -0.783. The minimum absolute atomic E-state index is 0.0299. The van der Waals surface area contributed by atoms with E-state index in [1.165, 1.54) is 0 Å². The van der Waals surface area contributed by atoms with E-state index < -0.39 is 5.97 Å². The van der Waals surface area contributed by atoms with Crippen LogP contribution in [-0.4, -0.2) is 53.6 Å². The predicted molar refractivity (Wildman–Crippen MR) is 68.7 cm³/mol. The van der Waals surface area contributed by atoms with Crippen LogP contribution >= 0.6 is 0 Å². The zero-order chi connectivity index (χ0) is 14.4. The van der Waals surface area contributed by atoms with Crippen molar-refractivity contribution in [2.75, 3.05) is 13.6 Å². The maximum atomic E-state index is 11.7. The van der Waals surface area contributed by atoms with Crippen LogP contribution in [0, 0.1) is 0 Å². The molecule has 1 heterocycles. The molecule has 7 heteroatoms. The third kappa shape index (κ3) is 5.58. The molecule has 3 amide bonds. The molecule has 0 aromatic carbocycles. The van der Waals surface area contributed by atoms with Crippen molar-refractivity contribution in [2.24, 2.45) is 0 Å². The maximum Gasteiger partial charge on any atom is 0.315 e. The van der Waals surface area contributed by atoms with Gasteiger partial charge >= 0.3 is 12.0 Å². The lowest BCUT2D eigenvalue weighted by Crippen LogP contribution is -2.52. The average Bonchev–Trinajstić information content (AvgIpc) is 2.31. The van der Waals surface area contributed by atoms with Gasteiger partial charge in [0.1, 0.15) is 0 Å². The van der Waals surface area contributed by atoms with Crippen LogP contribution in [0.4, 0.5) is 4.79 Å². The van der Waals surface area contributed by atoms with Crippen LogP contribution in [0.2, 0.25) is 0 Å². The molecule has 0 bridgehead atoms. The van der Waals surface area contributed by atoms with Crippen molar-refractivity contribution >= 4 is 17.9 Å². The summed E-state index contributed by atoms with van der Waals surface area (Å²) in [5, 5.41) is 14.0. The van der Waals surface area contributed by atoms with Crippen LogP contribution in [0.15, 0.2) is 0 Å². The van der Waals surface area contributed by atoms with Gasteiger partial charge in [0.15, 0.2) is 0 Å². The lowest BCUT2D eigenvalue weighted by atomic mass is 10.1. The Bertz CT molecular complexity index is 359. The number of hydrogen-bond acceptors (Lipinski definition) is 3. The van der Waals surface area contributed by atoms with Crippen LogP contribution in [0.3, 0.4) is 0 Å². The van der Waals surface area contributed by atoms with Gasteiger partial charge in [-0.3, -0.25) is 9.59 Å². The smallest absolute Gasteiger partial charge is 0.315 e. The summed E-state index contributed by atoms with van der Waals surface area (Å²) >= 11 is 0. The summed E-state index contributed by atoms with van der Waals surface area (Å²) in [6, 6.07) is -0.556. The van der Waals surface area contributed by atoms with Gasteiger partial charge in [0, 0.05) is 38.5 Å². The minimum atomic E-state index is -0.874. The van der Waals surface area contributed by atoms with E-state index in [1.54, 1.807) is 18.9 Å². The van der Waals surface area contributed by atoms with E-state index in [4.69, 9.17) is 5.11 Å². The molecule has 1 fully saturated rings. The summed E-state index contributed by atoms with van der Waals surface area (Å²) in [4.78, 5) is 35.0. The first kappa shape index (κ1) is 15.3. The summed E-state index contributed by atoms with van der Waals surface area (Å²) < 4.78 is 0. The number of carboxylic acid groups (broad SMARTS) is 1. The van der Waals surface area contributed by atoms with Crippen molar-refractivity contribution in [3.63, 3.8) is 0 Å². The number of nitrogens with zero attached hydrogens (tertiary/aromatic N) is 1. The van der Waals surface area contributed by atoms with Crippen molar-refractivity contribution < 1.29 is 19.5 Å². The van der Waals surface area contributed by atoms with Gasteiger partial charge in [0.2, 0.25) is 5.91 Å². The van der Waals surface area contributed by atoms with Crippen molar-refractivity contribution in [3.05, 3.63) is 0 Å². The molecule has 0 radical (unpaired) electrons. The van der Waals surface area contributed by atoms with Gasteiger partial charge in [-0.1, -0.05) is 0 Å². The van der Waals surface area contributed by atoms with Crippen LogP contribution in [0.5, 0.6) is 0 Å². The highest BCUT2D eigenvalue weighted by Crippen LogP contribution is 2.09. The second-order valence-corrected chi connectivity index (χ2v) is 4.96. The normalized spacial score (nSPS) is 20.8. The van der Waals surface area contributed by atoms with Crippen LogP contribution in [0.1, 0.15) is 32.6 Å². The first-order chi connectivity index (χ1) is 8.88. The topological polar surface area (TPSA) is 98.7 Å². The number of likely N-dealkylation sites (N-methyl/N-ethyl adjacent to an activating group) is 1. The van der Waals surface area contributed by atoms with Crippen molar-refractivity contribution in [2.45, 2.75) is 44.7 Å². The second-order valence-electron chi connectivity index (χ2n) is 4.96. The van der Waals surface area contributed by atoms with Gasteiger partial charge in [0.05, 0.1) is 0 Å². The minimum Gasteiger partial charge on any atom is -0.481 e. The number of likely N-dealkylation sites (tertiary alicyclic amines) is 1. The third-order valence-electron chi connectivity index (χ3n) is 3.13. The number of nitrogens with one attached hydrogen (secondary N) is 2. The maximum absolute atomic E-state index is 11.7. The van der Waals surface area contributed by atoms with Crippen molar-refractivity contribution in [1.82, 2.24) is 15.5 Å². The molecule has 1 rings (SSSR count). The predicted octanol–water partition coefficient (Wildman–Crippen LogP) is 0.160. The van der Waals surface area contributed by atoms with Gasteiger partial charge in [-0.2, -0.15) is 0 Å². The van der Waals surface area contributed by atoms with Gasteiger partial charge in [-0.15, -0.1) is 0 Å². The summed E-state index contributed by atoms with van der Waals surface area (Å²) in [6.45, 7) is 2.27. The Kier molecular flexibility index (Phi) is 5.59. The zero-order valence-corrected chi connectivity index (χ0v) is 11.3. The molecule has 0 aromatic heterocycles. The van der Waals surface area contributed by atoms with Gasteiger partial charge in [-0.05, 0) is 19.8 Å². The van der Waals surface area contributed by atoms with E-state index in [-0.39, 0.29) is 30.4 Å². The largest absolute Gasteiger partial charge is 0.481 e. The highest BCUT2D eigenvalue weighted by molar-refractivity contribution is 5.78. The number of urea groups is 1. The van der Waals surface area contributed by atoms with E-state index in [1.807, 2.05) is 0 Å². The number of carbonyl (C=O) groups excluding carboxylic acids is 2. The molecule has 19 heavy (non-hydrogen) atoms. The Morgan fingerprint density at radius 1 is 1.53 bits per heavy atom. The molecule has 0 saturated carbocycles. The molecule has 7 nitrogen and oxygen atoms in total. The molecule has 3 N–H and O–H groups in total. The summed E-state index contributed by atoms with van der Waals surface area (Å²) in [6.07, 6.45) is 1.50. The molecular formula is C12H21N3O4. The standard InChI is InChI=1S/C12H21N3O4/c1-8(3-6-11(17)18)13-12(19)14-9-4-5-10(16)15(2)7-9/h8-9H,3-7H2,1-2H3,(H,17,18)(H2,13,14,19). The number of amides is 3. The number of carbonyl (C=O) groups is 3. The fourth-order valence-corrected chi connectivity index (χ4v) is 1.99. The van der Waals surface area contributed by atoms with E-state index >= 15 is 0 Å². The second kappa shape index (κ2) is 6.96. The molecule has 1 aliphatic rings. The van der Waals surface area contributed by atoms with E-state index in [0.717, 1.165) is 0 Å². The SMILES string of the molecule is CC(CCC(=O)O)NC(=O)NC1CCC(=O)N(C)C1. The van der Waals surface area contributed by atoms with Gasteiger partial charge < -0.3 is 20.6 Å². The molecule has 108 valence electrons. The molecular weight excluding hydrogens is 250 g/mol. The van der Waals surface area contributed by atoms with Crippen LogP contribution in [0.25, 0.3) is 0 Å². The molecule has 2 atom stereocenters. The third-order valence-corrected chi connectivity index (χ3v) is 3.13. The Morgan fingerprint density at radius 2 is 2.21 bits per heavy atom. The van der Waals surface area contributed by atoms with Crippen molar-refractivity contribution in [1.29, 1.82) is 0 Å². The monoisotopic (exact) mass is 271 g/mol. The molecule has 1 saturated heterocycles. The first-order valence-electron chi connectivity index (χ1n) is 6.41. The zero-order valence-electron chi connectivity index (χ0n) is 11.3. The summed E-state index contributed by atoms with van der Waals surface area (Å²) in [7, 11) is 1.71. The molecule has 0 spiro atoms. The van der Waals surface area contributed by atoms with E-state index in [0.29, 0.717) is 25.8 Å².